The maximum Gasteiger partial charge on any atom is 0.0738 e. The molecule has 4 nitrogen and oxygen atoms in total. The molecule has 1 N–H and O–H groups in total. The Hall–Kier alpha value is -0.550. The molecule has 1 aromatic heterocycles. The van der Waals surface area contributed by atoms with Crippen molar-refractivity contribution >= 4 is 11.8 Å². The predicted octanol–water partition coefficient (Wildman–Crippen LogP) is 1.05. The molecule has 5 heteroatoms. The van der Waals surface area contributed by atoms with Gasteiger partial charge in [-0.05, 0) is 12.7 Å². The summed E-state index contributed by atoms with van der Waals surface area (Å²) in [6.45, 7) is 5.23. The lowest BCUT2D eigenvalue weighted by Gasteiger charge is -2.12. The zero-order valence-corrected chi connectivity index (χ0v) is 9.84. The fourth-order valence-electron chi connectivity index (χ4n) is 1.10. The van der Waals surface area contributed by atoms with Crippen molar-refractivity contribution in [3.63, 3.8) is 0 Å². The Kier molecular flexibility index (Phi) is 4.97. The highest BCUT2D eigenvalue weighted by atomic mass is 32.2. The van der Waals surface area contributed by atoms with Crippen molar-refractivity contribution in [2.24, 2.45) is 7.05 Å². The van der Waals surface area contributed by atoms with Crippen LogP contribution in [-0.4, -0.2) is 32.5 Å². The average Bonchev–Trinajstić information content (AvgIpc) is 2.58. The van der Waals surface area contributed by atoms with Crippen molar-refractivity contribution in [1.82, 2.24) is 20.3 Å². The molecule has 1 aromatic rings. The van der Waals surface area contributed by atoms with Gasteiger partial charge in [0.25, 0.3) is 0 Å². The maximum absolute atomic E-state index is 3.88. The number of nitrogens with one attached hydrogen (secondary N) is 1. The van der Waals surface area contributed by atoms with E-state index < -0.39 is 0 Å². The lowest BCUT2D eigenvalue weighted by molar-refractivity contribution is 0.562. The first-order valence-electron chi connectivity index (χ1n) is 4.88. The van der Waals surface area contributed by atoms with E-state index in [0.717, 1.165) is 18.0 Å². The van der Waals surface area contributed by atoms with Crippen molar-refractivity contribution < 1.29 is 0 Å². The highest BCUT2D eigenvalue weighted by Gasteiger charge is 2.03. The van der Waals surface area contributed by atoms with Crippen molar-refractivity contribution in [2.45, 2.75) is 26.4 Å². The minimum absolute atomic E-state index is 0.537. The topological polar surface area (TPSA) is 42.7 Å². The van der Waals surface area contributed by atoms with Crippen molar-refractivity contribution in [3.05, 3.63) is 11.9 Å². The van der Waals surface area contributed by atoms with E-state index >= 15 is 0 Å². The van der Waals surface area contributed by atoms with Gasteiger partial charge in [-0.25, -0.2) is 0 Å². The summed E-state index contributed by atoms with van der Waals surface area (Å²) in [6, 6.07) is 0.537. The minimum Gasteiger partial charge on any atom is -0.308 e. The molecule has 0 amide bonds. The molecule has 0 spiro atoms. The van der Waals surface area contributed by atoms with Gasteiger partial charge in [0.2, 0.25) is 0 Å². The third-order valence-corrected chi connectivity index (χ3v) is 3.16. The second-order valence-electron chi connectivity index (χ2n) is 3.29. The molecular formula is C9H18N4S. The van der Waals surface area contributed by atoms with Crippen LogP contribution in [0.25, 0.3) is 0 Å². The number of aromatic nitrogens is 3. The Morgan fingerprint density at radius 1 is 1.64 bits per heavy atom. The molecule has 1 heterocycles. The van der Waals surface area contributed by atoms with E-state index in [4.69, 9.17) is 0 Å². The summed E-state index contributed by atoms with van der Waals surface area (Å²) in [5, 5.41) is 11.1. The van der Waals surface area contributed by atoms with E-state index in [1.165, 1.54) is 5.75 Å². The Balaban J connectivity index is 2.23. The number of nitrogens with zero attached hydrogens (tertiary/aromatic N) is 3. The molecule has 1 atom stereocenters. The normalized spacial score (nSPS) is 13.1. The van der Waals surface area contributed by atoms with E-state index in [9.17, 15) is 0 Å². The fraction of sp³-hybridized carbons (Fsp3) is 0.778. The minimum atomic E-state index is 0.537. The van der Waals surface area contributed by atoms with Gasteiger partial charge in [-0.15, -0.1) is 5.10 Å². The number of hydrogen-bond acceptors (Lipinski definition) is 4. The fourth-order valence-corrected chi connectivity index (χ4v) is 1.81. The molecule has 0 saturated heterocycles. The first kappa shape index (κ1) is 11.5. The molecule has 0 aliphatic heterocycles. The van der Waals surface area contributed by atoms with Gasteiger partial charge in [0.05, 0.1) is 11.9 Å². The highest BCUT2D eigenvalue weighted by molar-refractivity contribution is 7.99. The van der Waals surface area contributed by atoms with Crippen LogP contribution >= 0.6 is 11.8 Å². The maximum atomic E-state index is 3.88. The lowest BCUT2D eigenvalue weighted by Crippen LogP contribution is -2.28. The highest BCUT2D eigenvalue weighted by Crippen LogP contribution is 2.02. The standard InChI is InChI=1S/C9H18N4S/c1-4-14-7-8(2)10-5-9-6-11-12-13(9)3/h6,8,10H,4-5,7H2,1-3H3. The van der Waals surface area contributed by atoms with E-state index in [-0.39, 0.29) is 0 Å². The number of hydrogen-bond donors (Lipinski definition) is 1. The first-order chi connectivity index (χ1) is 6.74. The van der Waals surface area contributed by atoms with Crippen LogP contribution in [0.15, 0.2) is 6.20 Å². The van der Waals surface area contributed by atoms with Crippen LogP contribution in [0.5, 0.6) is 0 Å². The molecule has 1 unspecified atom stereocenters. The molecule has 0 saturated carbocycles. The molecule has 14 heavy (non-hydrogen) atoms. The molecule has 80 valence electrons. The summed E-state index contributed by atoms with van der Waals surface area (Å²) < 4.78 is 1.80. The summed E-state index contributed by atoms with van der Waals surface area (Å²) in [7, 11) is 1.91. The summed E-state index contributed by atoms with van der Waals surface area (Å²) >= 11 is 1.96. The van der Waals surface area contributed by atoms with Crippen molar-refractivity contribution in [2.75, 3.05) is 11.5 Å². The van der Waals surface area contributed by atoms with E-state index in [1.54, 1.807) is 10.9 Å². The third kappa shape index (κ3) is 3.67. The number of thioether (sulfide) groups is 1. The smallest absolute Gasteiger partial charge is 0.0738 e. The zero-order valence-electron chi connectivity index (χ0n) is 9.03. The van der Waals surface area contributed by atoms with Gasteiger partial charge < -0.3 is 5.32 Å². The van der Waals surface area contributed by atoms with Crippen LogP contribution in [0.2, 0.25) is 0 Å². The van der Waals surface area contributed by atoms with Gasteiger partial charge in [-0.2, -0.15) is 11.8 Å². The predicted molar refractivity (Wildman–Crippen MR) is 60.3 cm³/mol. The SMILES string of the molecule is CCSCC(C)NCc1cnnn1C. The van der Waals surface area contributed by atoms with E-state index in [1.807, 2.05) is 18.8 Å². The van der Waals surface area contributed by atoms with Crippen molar-refractivity contribution in [3.8, 4) is 0 Å². The lowest BCUT2D eigenvalue weighted by atomic mass is 10.3. The van der Waals surface area contributed by atoms with Gasteiger partial charge in [0.15, 0.2) is 0 Å². The monoisotopic (exact) mass is 214 g/mol. The van der Waals surface area contributed by atoms with Crippen LogP contribution in [0.3, 0.4) is 0 Å². The molecule has 0 aromatic carbocycles. The van der Waals surface area contributed by atoms with Gasteiger partial charge in [0.1, 0.15) is 0 Å². The summed E-state index contributed by atoms with van der Waals surface area (Å²) in [5.41, 5.74) is 1.12. The Labute approximate surface area is 89.5 Å². The summed E-state index contributed by atoms with van der Waals surface area (Å²) in [5.74, 6) is 2.33. The summed E-state index contributed by atoms with van der Waals surface area (Å²) in [6.07, 6.45) is 1.80. The van der Waals surface area contributed by atoms with Crippen LogP contribution in [0.1, 0.15) is 19.5 Å². The van der Waals surface area contributed by atoms with Crippen LogP contribution in [0, 0.1) is 0 Å². The van der Waals surface area contributed by atoms with Gasteiger partial charge in [0, 0.05) is 25.4 Å². The Morgan fingerprint density at radius 2 is 2.43 bits per heavy atom. The number of aryl methyl sites for hydroxylation is 1. The summed E-state index contributed by atoms with van der Waals surface area (Å²) in [4.78, 5) is 0. The Bertz CT molecular complexity index is 261. The third-order valence-electron chi connectivity index (χ3n) is 2.01. The molecule has 1 rings (SSSR count). The van der Waals surface area contributed by atoms with Crippen LogP contribution < -0.4 is 5.32 Å². The Morgan fingerprint density at radius 3 is 3.00 bits per heavy atom. The number of rotatable bonds is 6. The molecule has 0 fully saturated rings. The van der Waals surface area contributed by atoms with Gasteiger partial charge in [-0.1, -0.05) is 12.1 Å². The van der Waals surface area contributed by atoms with E-state index in [2.05, 4.69) is 29.5 Å². The van der Waals surface area contributed by atoms with Crippen LogP contribution in [0.4, 0.5) is 0 Å². The zero-order chi connectivity index (χ0) is 10.4. The van der Waals surface area contributed by atoms with Gasteiger partial charge in [-0.3, -0.25) is 4.68 Å². The molecule has 0 bridgehead atoms. The first-order valence-corrected chi connectivity index (χ1v) is 6.04. The van der Waals surface area contributed by atoms with Gasteiger partial charge >= 0.3 is 0 Å². The molecule has 0 aliphatic carbocycles. The van der Waals surface area contributed by atoms with E-state index in [0.29, 0.717) is 6.04 Å². The van der Waals surface area contributed by atoms with Crippen LogP contribution in [-0.2, 0) is 13.6 Å². The average molecular weight is 214 g/mol. The quantitative estimate of drug-likeness (QED) is 0.768. The second-order valence-corrected chi connectivity index (χ2v) is 4.61. The van der Waals surface area contributed by atoms with Crippen molar-refractivity contribution in [1.29, 1.82) is 0 Å². The molecule has 0 aliphatic rings. The molecular weight excluding hydrogens is 196 g/mol. The molecule has 0 radical (unpaired) electrons. The largest absolute Gasteiger partial charge is 0.308 e. The second kappa shape index (κ2) is 6.03.